The van der Waals surface area contributed by atoms with Crippen molar-refractivity contribution in [2.75, 3.05) is 13.1 Å². The second-order valence-electron chi connectivity index (χ2n) is 3.41. The van der Waals surface area contributed by atoms with Gasteiger partial charge in [-0.05, 0) is 25.1 Å². The molecule has 1 aromatic carbocycles. The summed E-state index contributed by atoms with van der Waals surface area (Å²) < 4.78 is 18.1. The van der Waals surface area contributed by atoms with Gasteiger partial charge in [-0.15, -0.1) is 12.4 Å². The highest BCUT2D eigenvalue weighted by molar-refractivity contribution is 6.32. The Bertz CT molecular complexity index is 405. The van der Waals surface area contributed by atoms with E-state index in [1.54, 1.807) is 6.92 Å². The first-order chi connectivity index (χ1) is 8.04. The SMILES string of the molecule is CC(Oc1ccc(F)cc1Cl)C(=O)NCCN.Cl. The van der Waals surface area contributed by atoms with Gasteiger partial charge in [0.25, 0.3) is 5.91 Å². The largest absolute Gasteiger partial charge is 0.479 e. The third-order valence-corrected chi connectivity index (χ3v) is 2.31. The van der Waals surface area contributed by atoms with Gasteiger partial charge in [-0.1, -0.05) is 11.6 Å². The van der Waals surface area contributed by atoms with Gasteiger partial charge < -0.3 is 15.8 Å². The summed E-state index contributed by atoms with van der Waals surface area (Å²) in [5.41, 5.74) is 5.25. The molecule has 1 rings (SSSR count). The Morgan fingerprint density at radius 2 is 2.28 bits per heavy atom. The van der Waals surface area contributed by atoms with Gasteiger partial charge in [-0.2, -0.15) is 0 Å². The number of halogens is 3. The molecule has 0 spiro atoms. The van der Waals surface area contributed by atoms with Gasteiger partial charge in [0.2, 0.25) is 0 Å². The van der Waals surface area contributed by atoms with E-state index in [-0.39, 0.29) is 29.1 Å². The maximum Gasteiger partial charge on any atom is 0.260 e. The van der Waals surface area contributed by atoms with Crippen LogP contribution < -0.4 is 15.8 Å². The average molecular weight is 297 g/mol. The van der Waals surface area contributed by atoms with Crippen molar-refractivity contribution in [2.45, 2.75) is 13.0 Å². The molecule has 1 atom stereocenters. The van der Waals surface area contributed by atoms with E-state index in [2.05, 4.69) is 5.32 Å². The minimum atomic E-state index is -0.718. The molecular formula is C11H15Cl2FN2O2. The molecule has 0 saturated carbocycles. The quantitative estimate of drug-likeness (QED) is 0.870. The predicted octanol–water partition coefficient (Wildman–Crippen LogP) is 1.74. The molecule has 7 heteroatoms. The Balaban J connectivity index is 0.00000289. The predicted molar refractivity (Wildman–Crippen MR) is 70.8 cm³/mol. The van der Waals surface area contributed by atoms with Gasteiger partial charge in [0.1, 0.15) is 11.6 Å². The summed E-state index contributed by atoms with van der Waals surface area (Å²) in [4.78, 5) is 11.5. The first kappa shape index (κ1) is 17.0. The number of carbonyl (C=O) groups is 1. The van der Waals surface area contributed by atoms with Crippen LogP contribution in [-0.2, 0) is 4.79 Å². The Labute approximate surface area is 116 Å². The Morgan fingerprint density at radius 1 is 1.61 bits per heavy atom. The van der Waals surface area contributed by atoms with Crippen LogP contribution in [0.15, 0.2) is 18.2 Å². The lowest BCUT2D eigenvalue weighted by atomic mass is 10.3. The number of ether oxygens (including phenoxy) is 1. The van der Waals surface area contributed by atoms with Crippen molar-refractivity contribution in [1.82, 2.24) is 5.32 Å². The van der Waals surface area contributed by atoms with Crippen molar-refractivity contribution in [1.29, 1.82) is 0 Å². The highest BCUT2D eigenvalue weighted by atomic mass is 35.5. The zero-order valence-electron chi connectivity index (χ0n) is 9.78. The van der Waals surface area contributed by atoms with Gasteiger partial charge >= 0.3 is 0 Å². The molecule has 0 aliphatic carbocycles. The minimum absolute atomic E-state index is 0. The Hall–Kier alpha value is -1.04. The molecule has 1 amide bonds. The number of carbonyl (C=O) groups excluding carboxylic acids is 1. The number of hydrogen-bond donors (Lipinski definition) is 2. The monoisotopic (exact) mass is 296 g/mol. The van der Waals surface area contributed by atoms with Crippen LogP contribution in [0.4, 0.5) is 4.39 Å². The molecular weight excluding hydrogens is 282 g/mol. The lowest BCUT2D eigenvalue weighted by Crippen LogP contribution is -2.38. The Kier molecular flexibility index (Phi) is 7.66. The molecule has 18 heavy (non-hydrogen) atoms. The van der Waals surface area contributed by atoms with Gasteiger partial charge in [0.05, 0.1) is 5.02 Å². The van der Waals surface area contributed by atoms with E-state index < -0.39 is 11.9 Å². The first-order valence-electron chi connectivity index (χ1n) is 5.14. The average Bonchev–Trinajstić information content (AvgIpc) is 2.29. The maximum atomic E-state index is 12.8. The minimum Gasteiger partial charge on any atom is -0.479 e. The molecule has 0 fully saturated rings. The Morgan fingerprint density at radius 3 is 2.83 bits per heavy atom. The summed E-state index contributed by atoms with van der Waals surface area (Å²) in [5.74, 6) is -0.484. The fourth-order valence-electron chi connectivity index (χ4n) is 1.15. The van der Waals surface area contributed by atoms with Gasteiger partial charge in [0.15, 0.2) is 6.10 Å². The van der Waals surface area contributed by atoms with Crippen molar-refractivity contribution < 1.29 is 13.9 Å². The van der Waals surface area contributed by atoms with Crippen LogP contribution in [0.5, 0.6) is 5.75 Å². The summed E-state index contributed by atoms with van der Waals surface area (Å²) in [5, 5.41) is 2.71. The fourth-order valence-corrected chi connectivity index (χ4v) is 1.37. The molecule has 4 nitrogen and oxygen atoms in total. The zero-order valence-corrected chi connectivity index (χ0v) is 11.4. The molecule has 102 valence electrons. The van der Waals surface area contributed by atoms with E-state index in [0.717, 1.165) is 6.07 Å². The molecule has 0 aromatic heterocycles. The van der Waals surface area contributed by atoms with Gasteiger partial charge in [-0.25, -0.2) is 4.39 Å². The van der Waals surface area contributed by atoms with Crippen LogP contribution in [0.3, 0.4) is 0 Å². The molecule has 1 unspecified atom stereocenters. The molecule has 1 aromatic rings. The van der Waals surface area contributed by atoms with Crippen molar-refractivity contribution >= 4 is 29.9 Å². The lowest BCUT2D eigenvalue weighted by molar-refractivity contribution is -0.127. The van der Waals surface area contributed by atoms with E-state index in [1.165, 1.54) is 12.1 Å². The molecule has 0 aliphatic heterocycles. The number of rotatable bonds is 5. The van der Waals surface area contributed by atoms with E-state index in [4.69, 9.17) is 22.1 Å². The highest BCUT2D eigenvalue weighted by Gasteiger charge is 2.15. The number of nitrogens with two attached hydrogens (primary N) is 1. The highest BCUT2D eigenvalue weighted by Crippen LogP contribution is 2.25. The zero-order chi connectivity index (χ0) is 12.8. The summed E-state index contributed by atoms with van der Waals surface area (Å²) in [6, 6.07) is 3.72. The first-order valence-corrected chi connectivity index (χ1v) is 5.52. The third-order valence-electron chi connectivity index (χ3n) is 2.01. The van der Waals surface area contributed by atoms with Crippen LogP contribution in [0.1, 0.15) is 6.92 Å². The second-order valence-corrected chi connectivity index (χ2v) is 3.82. The summed E-state index contributed by atoms with van der Waals surface area (Å²) in [6.07, 6.45) is -0.718. The van der Waals surface area contributed by atoms with Crippen molar-refractivity contribution in [3.8, 4) is 5.75 Å². The second kappa shape index (κ2) is 8.13. The topological polar surface area (TPSA) is 64.3 Å². The van der Waals surface area contributed by atoms with E-state index in [1.807, 2.05) is 0 Å². The molecule has 0 heterocycles. The van der Waals surface area contributed by atoms with Crippen molar-refractivity contribution in [3.63, 3.8) is 0 Å². The third kappa shape index (κ3) is 5.08. The smallest absolute Gasteiger partial charge is 0.260 e. The van der Waals surface area contributed by atoms with Gasteiger partial charge in [-0.3, -0.25) is 4.79 Å². The van der Waals surface area contributed by atoms with Crippen LogP contribution in [0.25, 0.3) is 0 Å². The van der Waals surface area contributed by atoms with Crippen LogP contribution in [0, 0.1) is 5.82 Å². The van der Waals surface area contributed by atoms with E-state index in [9.17, 15) is 9.18 Å². The van der Waals surface area contributed by atoms with E-state index >= 15 is 0 Å². The maximum absolute atomic E-state index is 12.8. The van der Waals surface area contributed by atoms with Gasteiger partial charge in [0, 0.05) is 13.1 Å². The molecule has 0 aliphatic rings. The van der Waals surface area contributed by atoms with Crippen molar-refractivity contribution in [2.24, 2.45) is 5.73 Å². The lowest BCUT2D eigenvalue weighted by Gasteiger charge is -2.15. The summed E-state index contributed by atoms with van der Waals surface area (Å²) >= 11 is 5.77. The van der Waals surface area contributed by atoms with Crippen molar-refractivity contribution in [3.05, 3.63) is 29.0 Å². The molecule has 3 N–H and O–H groups in total. The summed E-state index contributed by atoms with van der Waals surface area (Å²) in [7, 11) is 0. The standard InChI is InChI=1S/C11H14ClFN2O2.ClH/c1-7(11(16)15-5-4-14)17-10-3-2-8(13)6-9(10)12;/h2-3,6-7H,4-5,14H2,1H3,(H,15,16);1H. The van der Waals surface area contributed by atoms with Crippen LogP contribution in [-0.4, -0.2) is 25.1 Å². The van der Waals surface area contributed by atoms with E-state index in [0.29, 0.717) is 13.1 Å². The molecule has 0 radical (unpaired) electrons. The van der Waals surface area contributed by atoms with Crippen LogP contribution >= 0.6 is 24.0 Å². The fraction of sp³-hybridized carbons (Fsp3) is 0.364. The number of nitrogens with one attached hydrogen (secondary N) is 1. The number of benzene rings is 1. The molecule has 0 bridgehead atoms. The number of amides is 1. The number of hydrogen-bond acceptors (Lipinski definition) is 3. The molecule has 0 saturated heterocycles. The summed E-state index contributed by atoms with van der Waals surface area (Å²) in [6.45, 7) is 2.31. The van der Waals surface area contributed by atoms with Crippen LogP contribution in [0.2, 0.25) is 5.02 Å². The normalized spacial score (nSPS) is 11.3.